The van der Waals surface area contributed by atoms with Crippen LogP contribution in [-0.2, 0) is 0 Å². The van der Waals surface area contributed by atoms with Crippen molar-refractivity contribution in [1.82, 2.24) is 4.98 Å². The molecule has 2 rings (SSSR count). The van der Waals surface area contributed by atoms with E-state index < -0.39 is 6.10 Å². The Morgan fingerprint density at radius 3 is 2.35 bits per heavy atom. The number of aryl methyl sites for hydroxylation is 1. The van der Waals surface area contributed by atoms with Crippen molar-refractivity contribution < 1.29 is 5.11 Å². The first kappa shape index (κ1) is 14.5. The number of hydrogen-bond donors (Lipinski definition) is 2. The van der Waals surface area contributed by atoms with Crippen LogP contribution in [0.2, 0.25) is 0 Å². The van der Waals surface area contributed by atoms with Crippen LogP contribution in [-0.4, -0.2) is 15.6 Å². The molecule has 0 bridgehead atoms. The Bertz CT molecular complexity index is 573. The second-order valence-corrected chi connectivity index (χ2v) is 6.11. The molecule has 0 saturated carbocycles. The SMILES string of the molecule is Cc1cc(NC(C)(C)C)ncc1C(O)c1ccccc1. The molecule has 1 aromatic carbocycles. The minimum absolute atomic E-state index is 0.0288. The first-order valence-electron chi connectivity index (χ1n) is 6.84. The van der Waals surface area contributed by atoms with Crippen LogP contribution in [0.4, 0.5) is 5.82 Å². The Morgan fingerprint density at radius 1 is 1.15 bits per heavy atom. The van der Waals surface area contributed by atoms with Crippen LogP contribution in [0.1, 0.15) is 43.6 Å². The molecule has 0 amide bonds. The number of benzene rings is 1. The smallest absolute Gasteiger partial charge is 0.126 e. The molecule has 1 heterocycles. The monoisotopic (exact) mass is 270 g/mol. The molecule has 2 aromatic rings. The number of pyridine rings is 1. The van der Waals surface area contributed by atoms with E-state index >= 15 is 0 Å². The number of hydrogen-bond acceptors (Lipinski definition) is 3. The Labute approximate surface area is 120 Å². The third-order valence-electron chi connectivity index (χ3n) is 3.06. The molecule has 3 heteroatoms. The Kier molecular flexibility index (Phi) is 4.09. The number of aliphatic hydroxyl groups excluding tert-OH is 1. The van der Waals surface area contributed by atoms with Gasteiger partial charge in [-0.1, -0.05) is 30.3 Å². The van der Waals surface area contributed by atoms with Crippen LogP contribution < -0.4 is 5.32 Å². The van der Waals surface area contributed by atoms with Gasteiger partial charge in [0.15, 0.2) is 0 Å². The fourth-order valence-electron chi connectivity index (χ4n) is 2.12. The van der Waals surface area contributed by atoms with E-state index in [1.165, 1.54) is 0 Å². The zero-order valence-corrected chi connectivity index (χ0v) is 12.5. The van der Waals surface area contributed by atoms with Crippen molar-refractivity contribution in [2.24, 2.45) is 0 Å². The molecular formula is C17H22N2O. The van der Waals surface area contributed by atoms with E-state index in [1.54, 1.807) is 6.20 Å². The van der Waals surface area contributed by atoms with Gasteiger partial charge in [0.05, 0.1) is 0 Å². The summed E-state index contributed by atoms with van der Waals surface area (Å²) in [5.41, 5.74) is 2.73. The highest BCUT2D eigenvalue weighted by Crippen LogP contribution is 2.25. The summed E-state index contributed by atoms with van der Waals surface area (Å²) in [4.78, 5) is 4.40. The molecule has 0 aliphatic carbocycles. The van der Waals surface area contributed by atoms with E-state index in [9.17, 15) is 5.11 Å². The summed E-state index contributed by atoms with van der Waals surface area (Å²) in [6.07, 6.45) is 1.12. The number of aromatic nitrogens is 1. The maximum absolute atomic E-state index is 10.4. The lowest BCUT2D eigenvalue weighted by Crippen LogP contribution is -2.26. The van der Waals surface area contributed by atoms with Crippen molar-refractivity contribution in [3.8, 4) is 0 Å². The van der Waals surface area contributed by atoms with E-state index in [0.717, 1.165) is 22.5 Å². The molecule has 1 unspecified atom stereocenters. The van der Waals surface area contributed by atoms with Gasteiger partial charge in [-0.3, -0.25) is 0 Å². The predicted molar refractivity (Wildman–Crippen MR) is 82.9 cm³/mol. The average Bonchev–Trinajstić information content (AvgIpc) is 2.37. The quantitative estimate of drug-likeness (QED) is 0.894. The van der Waals surface area contributed by atoms with Crippen LogP contribution in [0, 0.1) is 6.92 Å². The third-order valence-corrected chi connectivity index (χ3v) is 3.06. The highest BCUT2D eigenvalue weighted by Gasteiger charge is 2.15. The molecule has 3 nitrogen and oxygen atoms in total. The van der Waals surface area contributed by atoms with Gasteiger partial charge < -0.3 is 10.4 Å². The Balaban J connectivity index is 2.26. The lowest BCUT2D eigenvalue weighted by atomic mass is 9.99. The van der Waals surface area contributed by atoms with Crippen molar-refractivity contribution in [3.63, 3.8) is 0 Å². The summed E-state index contributed by atoms with van der Waals surface area (Å²) in [5, 5.41) is 13.8. The first-order chi connectivity index (χ1) is 9.37. The maximum Gasteiger partial charge on any atom is 0.126 e. The molecule has 106 valence electrons. The highest BCUT2D eigenvalue weighted by molar-refractivity contribution is 5.44. The maximum atomic E-state index is 10.4. The minimum Gasteiger partial charge on any atom is -0.384 e. The van der Waals surface area contributed by atoms with Gasteiger partial charge in [0, 0.05) is 17.3 Å². The van der Waals surface area contributed by atoms with Crippen molar-refractivity contribution in [2.45, 2.75) is 39.3 Å². The number of rotatable bonds is 3. The summed E-state index contributed by atoms with van der Waals surface area (Å²) in [7, 11) is 0. The summed E-state index contributed by atoms with van der Waals surface area (Å²) < 4.78 is 0. The van der Waals surface area contributed by atoms with E-state index in [-0.39, 0.29) is 5.54 Å². The van der Waals surface area contributed by atoms with Crippen LogP contribution in [0.15, 0.2) is 42.6 Å². The fraction of sp³-hybridized carbons (Fsp3) is 0.353. The number of aliphatic hydroxyl groups is 1. The number of nitrogens with zero attached hydrogens (tertiary/aromatic N) is 1. The Hall–Kier alpha value is -1.87. The molecule has 1 atom stereocenters. The second kappa shape index (κ2) is 5.63. The minimum atomic E-state index is -0.632. The summed E-state index contributed by atoms with van der Waals surface area (Å²) in [6.45, 7) is 8.28. The van der Waals surface area contributed by atoms with E-state index in [1.807, 2.05) is 43.3 Å². The molecule has 0 aliphatic heterocycles. The standard InChI is InChI=1S/C17H22N2O/c1-12-10-15(19-17(2,3)4)18-11-14(12)16(20)13-8-6-5-7-9-13/h5-11,16,20H,1-4H3,(H,18,19). The van der Waals surface area contributed by atoms with Crippen molar-refractivity contribution in [3.05, 3.63) is 59.3 Å². The summed E-state index contributed by atoms with van der Waals surface area (Å²) >= 11 is 0. The van der Waals surface area contributed by atoms with Crippen LogP contribution in [0.3, 0.4) is 0 Å². The van der Waals surface area contributed by atoms with E-state index in [2.05, 4.69) is 31.1 Å². The molecule has 0 radical (unpaired) electrons. The molecule has 20 heavy (non-hydrogen) atoms. The second-order valence-electron chi connectivity index (χ2n) is 6.11. The van der Waals surface area contributed by atoms with Crippen molar-refractivity contribution >= 4 is 5.82 Å². The lowest BCUT2D eigenvalue weighted by Gasteiger charge is -2.22. The van der Waals surface area contributed by atoms with E-state index in [4.69, 9.17) is 0 Å². The third kappa shape index (κ3) is 3.58. The molecule has 1 aromatic heterocycles. The van der Waals surface area contributed by atoms with Gasteiger partial charge >= 0.3 is 0 Å². The predicted octanol–water partition coefficient (Wildman–Crippen LogP) is 3.68. The molecule has 0 spiro atoms. The molecule has 0 fully saturated rings. The fourth-order valence-corrected chi connectivity index (χ4v) is 2.12. The normalized spacial score (nSPS) is 13.1. The summed E-state index contributed by atoms with van der Waals surface area (Å²) in [6, 6.07) is 11.6. The Morgan fingerprint density at radius 2 is 1.80 bits per heavy atom. The van der Waals surface area contributed by atoms with Gasteiger partial charge in [-0.25, -0.2) is 4.98 Å². The molecular weight excluding hydrogens is 248 g/mol. The van der Waals surface area contributed by atoms with Gasteiger partial charge in [0.1, 0.15) is 11.9 Å². The zero-order chi connectivity index (χ0) is 14.8. The molecule has 0 aliphatic rings. The van der Waals surface area contributed by atoms with Gasteiger partial charge in [-0.2, -0.15) is 0 Å². The van der Waals surface area contributed by atoms with Gasteiger partial charge in [-0.15, -0.1) is 0 Å². The molecule has 2 N–H and O–H groups in total. The zero-order valence-electron chi connectivity index (χ0n) is 12.5. The van der Waals surface area contributed by atoms with Gasteiger partial charge in [-0.05, 0) is 44.9 Å². The van der Waals surface area contributed by atoms with Crippen molar-refractivity contribution in [2.75, 3.05) is 5.32 Å². The van der Waals surface area contributed by atoms with Gasteiger partial charge in [0.25, 0.3) is 0 Å². The largest absolute Gasteiger partial charge is 0.384 e. The van der Waals surface area contributed by atoms with Crippen molar-refractivity contribution in [1.29, 1.82) is 0 Å². The number of nitrogens with one attached hydrogen (secondary N) is 1. The average molecular weight is 270 g/mol. The highest BCUT2D eigenvalue weighted by atomic mass is 16.3. The summed E-state index contributed by atoms with van der Waals surface area (Å²) in [5.74, 6) is 0.832. The van der Waals surface area contributed by atoms with Crippen LogP contribution in [0.25, 0.3) is 0 Å². The molecule has 0 saturated heterocycles. The topological polar surface area (TPSA) is 45.2 Å². The number of anilines is 1. The van der Waals surface area contributed by atoms with Crippen LogP contribution >= 0.6 is 0 Å². The van der Waals surface area contributed by atoms with Gasteiger partial charge in [0.2, 0.25) is 0 Å². The lowest BCUT2D eigenvalue weighted by molar-refractivity contribution is 0.219. The van der Waals surface area contributed by atoms with E-state index in [0.29, 0.717) is 0 Å². The first-order valence-corrected chi connectivity index (χ1v) is 6.84. The van der Waals surface area contributed by atoms with Crippen LogP contribution in [0.5, 0.6) is 0 Å².